The third kappa shape index (κ3) is 2.96. The van der Waals surface area contributed by atoms with Crippen molar-refractivity contribution in [3.8, 4) is 11.1 Å². The molecule has 0 unspecified atom stereocenters. The molecule has 104 valence electrons. The molecule has 2 aromatic rings. The summed E-state index contributed by atoms with van der Waals surface area (Å²) < 4.78 is 0. The Morgan fingerprint density at radius 1 is 1.05 bits per heavy atom. The lowest BCUT2D eigenvalue weighted by atomic mass is 10.1. The SMILES string of the molecule is CCN(CC)c1ccc(-c2ccc(C(=O)O)cc2)cn1. The molecule has 0 aliphatic heterocycles. The van der Waals surface area contributed by atoms with Gasteiger partial charge in [0.1, 0.15) is 5.82 Å². The van der Waals surface area contributed by atoms with Gasteiger partial charge in [0.15, 0.2) is 0 Å². The largest absolute Gasteiger partial charge is 0.478 e. The molecule has 0 amide bonds. The summed E-state index contributed by atoms with van der Waals surface area (Å²) >= 11 is 0. The zero-order valence-electron chi connectivity index (χ0n) is 11.7. The summed E-state index contributed by atoms with van der Waals surface area (Å²) in [6.45, 7) is 6.06. The molecule has 0 saturated heterocycles. The van der Waals surface area contributed by atoms with Gasteiger partial charge in [0.25, 0.3) is 0 Å². The minimum Gasteiger partial charge on any atom is -0.478 e. The van der Waals surface area contributed by atoms with Crippen molar-refractivity contribution in [1.82, 2.24) is 4.98 Å². The van der Waals surface area contributed by atoms with Gasteiger partial charge in [-0.25, -0.2) is 9.78 Å². The van der Waals surface area contributed by atoms with Crippen LogP contribution in [0.2, 0.25) is 0 Å². The van der Waals surface area contributed by atoms with Gasteiger partial charge in [0.2, 0.25) is 0 Å². The quantitative estimate of drug-likeness (QED) is 0.905. The maximum Gasteiger partial charge on any atom is 0.335 e. The Kier molecular flexibility index (Phi) is 4.35. The number of carboxylic acids is 1. The Bertz CT molecular complexity index is 572. The molecule has 2 rings (SSSR count). The number of benzene rings is 1. The lowest BCUT2D eigenvalue weighted by Gasteiger charge is -2.19. The first-order chi connectivity index (χ1) is 9.65. The third-order valence-electron chi connectivity index (χ3n) is 3.30. The second-order valence-electron chi connectivity index (χ2n) is 4.46. The van der Waals surface area contributed by atoms with Crippen molar-refractivity contribution in [2.24, 2.45) is 0 Å². The van der Waals surface area contributed by atoms with E-state index >= 15 is 0 Å². The summed E-state index contributed by atoms with van der Waals surface area (Å²) in [7, 11) is 0. The first-order valence-electron chi connectivity index (χ1n) is 6.70. The molecule has 0 aliphatic rings. The van der Waals surface area contributed by atoms with Crippen molar-refractivity contribution in [1.29, 1.82) is 0 Å². The van der Waals surface area contributed by atoms with Crippen LogP contribution in [0.4, 0.5) is 5.82 Å². The Labute approximate surface area is 118 Å². The molecule has 0 aliphatic carbocycles. The van der Waals surface area contributed by atoms with Crippen LogP contribution in [-0.4, -0.2) is 29.1 Å². The van der Waals surface area contributed by atoms with E-state index in [0.717, 1.165) is 30.0 Å². The number of aromatic nitrogens is 1. The molecule has 1 aromatic carbocycles. The van der Waals surface area contributed by atoms with Gasteiger partial charge >= 0.3 is 5.97 Å². The van der Waals surface area contributed by atoms with E-state index in [0.29, 0.717) is 5.56 Å². The van der Waals surface area contributed by atoms with Gasteiger partial charge in [0, 0.05) is 24.8 Å². The highest BCUT2D eigenvalue weighted by atomic mass is 16.4. The van der Waals surface area contributed by atoms with E-state index in [4.69, 9.17) is 5.11 Å². The highest BCUT2D eigenvalue weighted by Gasteiger charge is 2.05. The zero-order chi connectivity index (χ0) is 14.5. The van der Waals surface area contributed by atoms with Gasteiger partial charge in [0.05, 0.1) is 5.56 Å². The monoisotopic (exact) mass is 270 g/mol. The van der Waals surface area contributed by atoms with E-state index in [2.05, 4.69) is 23.7 Å². The van der Waals surface area contributed by atoms with Crippen LogP contribution in [0.3, 0.4) is 0 Å². The van der Waals surface area contributed by atoms with Crippen LogP contribution in [-0.2, 0) is 0 Å². The summed E-state index contributed by atoms with van der Waals surface area (Å²) in [5.74, 6) is 0.0486. The first-order valence-corrected chi connectivity index (χ1v) is 6.70. The van der Waals surface area contributed by atoms with Gasteiger partial charge in [-0.3, -0.25) is 0 Å². The molecular weight excluding hydrogens is 252 g/mol. The number of hydrogen-bond acceptors (Lipinski definition) is 3. The normalized spacial score (nSPS) is 10.3. The number of anilines is 1. The minimum absolute atomic E-state index is 0.293. The molecule has 0 atom stereocenters. The molecule has 0 radical (unpaired) electrons. The van der Waals surface area contributed by atoms with Gasteiger partial charge < -0.3 is 10.0 Å². The Morgan fingerprint density at radius 2 is 1.65 bits per heavy atom. The summed E-state index contributed by atoms with van der Waals surface area (Å²) in [4.78, 5) is 17.5. The van der Waals surface area contributed by atoms with Gasteiger partial charge in [-0.15, -0.1) is 0 Å². The third-order valence-corrected chi connectivity index (χ3v) is 3.30. The summed E-state index contributed by atoms with van der Waals surface area (Å²) in [6.07, 6.45) is 1.82. The van der Waals surface area contributed by atoms with Crippen molar-refractivity contribution < 1.29 is 9.90 Å². The second-order valence-corrected chi connectivity index (χ2v) is 4.46. The predicted octanol–water partition coefficient (Wildman–Crippen LogP) is 3.29. The van der Waals surface area contributed by atoms with Crippen LogP contribution in [0, 0.1) is 0 Å². The molecule has 1 N–H and O–H groups in total. The minimum atomic E-state index is -0.911. The molecule has 1 aromatic heterocycles. The fraction of sp³-hybridized carbons (Fsp3) is 0.250. The number of nitrogens with zero attached hydrogens (tertiary/aromatic N) is 2. The van der Waals surface area contributed by atoms with Gasteiger partial charge in [-0.1, -0.05) is 12.1 Å². The number of hydrogen-bond donors (Lipinski definition) is 1. The molecule has 1 heterocycles. The smallest absolute Gasteiger partial charge is 0.335 e. The molecule has 4 heteroatoms. The van der Waals surface area contributed by atoms with Crippen LogP contribution in [0.15, 0.2) is 42.6 Å². The molecule has 0 fully saturated rings. The van der Waals surface area contributed by atoms with E-state index in [1.165, 1.54) is 0 Å². The van der Waals surface area contributed by atoms with E-state index in [-0.39, 0.29) is 0 Å². The van der Waals surface area contributed by atoms with Crippen molar-refractivity contribution in [2.75, 3.05) is 18.0 Å². The fourth-order valence-corrected chi connectivity index (χ4v) is 2.10. The summed E-state index contributed by atoms with van der Waals surface area (Å²) in [5, 5.41) is 8.88. The van der Waals surface area contributed by atoms with Crippen LogP contribution in [0.25, 0.3) is 11.1 Å². The summed E-state index contributed by atoms with van der Waals surface area (Å²) in [6, 6.07) is 10.8. The lowest BCUT2D eigenvalue weighted by Crippen LogP contribution is -2.22. The van der Waals surface area contributed by atoms with Crippen LogP contribution < -0.4 is 4.90 Å². The maximum absolute atomic E-state index is 10.8. The van der Waals surface area contributed by atoms with E-state index in [1.54, 1.807) is 24.3 Å². The number of carboxylic acid groups (broad SMARTS) is 1. The van der Waals surface area contributed by atoms with Crippen molar-refractivity contribution in [3.05, 3.63) is 48.2 Å². The Hall–Kier alpha value is -2.36. The number of aromatic carboxylic acids is 1. The van der Waals surface area contributed by atoms with E-state index in [1.807, 2.05) is 18.3 Å². The van der Waals surface area contributed by atoms with Crippen molar-refractivity contribution >= 4 is 11.8 Å². The number of pyridine rings is 1. The van der Waals surface area contributed by atoms with Crippen LogP contribution in [0.5, 0.6) is 0 Å². The first kappa shape index (κ1) is 14.1. The average molecular weight is 270 g/mol. The highest BCUT2D eigenvalue weighted by Crippen LogP contribution is 2.21. The Balaban J connectivity index is 2.23. The molecular formula is C16H18N2O2. The molecule has 20 heavy (non-hydrogen) atoms. The fourth-order valence-electron chi connectivity index (χ4n) is 2.10. The zero-order valence-corrected chi connectivity index (χ0v) is 11.7. The topological polar surface area (TPSA) is 53.4 Å². The summed E-state index contributed by atoms with van der Waals surface area (Å²) in [5.41, 5.74) is 2.24. The molecule has 0 bridgehead atoms. The Morgan fingerprint density at radius 3 is 2.10 bits per heavy atom. The lowest BCUT2D eigenvalue weighted by molar-refractivity contribution is 0.0697. The molecule has 0 spiro atoms. The average Bonchev–Trinajstić information content (AvgIpc) is 2.49. The second kappa shape index (κ2) is 6.19. The van der Waals surface area contributed by atoms with Gasteiger partial charge in [-0.05, 0) is 43.7 Å². The van der Waals surface area contributed by atoms with E-state index in [9.17, 15) is 4.79 Å². The van der Waals surface area contributed by atoms with Crippen molar-refractivity contribution in [2.45, 2.75) is 13.8 Å². The maximum atomic E-state index is 10.8. The van der Waals surface area contributed by atoms with Crippen LogP contribution in [0.1, 0.15) is 24.2 Å². The van der Waals surface area contributed by atoms with E-state index < -0.39 is 5.97 Å². The predicted molar refractivity (Wildman–Crippen MR) is 80.2 cm³/mol. The van der Waals surface area contributed by atoms with Gasteiger partial charge in [-0.2, -0.15) is 0 Å². The molecule has 4 nitrogen and oxygen atoms in total. The highest BCUT2D eigenvalue weighted by molar-refractivity contribution is 5.88. The van der Waals surface area contributed by atoms with Crippen molar-refractivity contribution in [3.63, 3.8) is 0 Å². The molecule has 0 saturated carbocycles. The standard InChI is InChI=1S/C16H18N2O2/c1-3-18(4-2)15-10-9-14(11-17-15)12-5-7-13(8-6-12)16(19)20/h5-11H,3-4H2,1-2H3,(H,19,20). The van der Waals surface area contributed by atoms with Crippen LogP contribution >= 0.6 is 0 Å². The number of rotatable bonds is 5. The number of carbonyl (C=O) groups is 1.